The first-order chi connectivity index (χ1) is 11.4. The maximum Gasteiger partial charge on any atom is 0.175 e. The van der Waals surface area contributed by atoms with Crippen molar-refractivity contribution < 1.29 is 8.42 Å². The topological polar surface area (TPSA) is 49.4 Å². The summed E-state index contributed by atoms with van der Waals surface area (Å²) in [6, 6.07) is 18.3. The van der Waals surface area contributed by atoms with Crippen molar-refractivity contribution in [1.82, 2.24) is 5.32 Å². The molecule has 0 spiro atoms. The smallest absolute Gasteiger partial charge is 0.175 e. The van der Waals surface area contributed by atoms with Gasteiger partial charge in [0.05, 0.1) is 4.90 Å². The van der Waals surface area contributed by atoms with Crippen LogP contribution < -0.4 is 10.2 Å². The van der Waals surface area contributed by atoms with Gasteiger partial charge in [-0.15, -0.1) is 0 Å². The molecule has 1 saturated heterocycles. The fourth-order valence-corrected chi connectivity index (χ4v) is 3.85. The van der Waals surface area contributed by atoms with Gasteiger partial charge in [-0.1, -0.05) is 30.3 Å². The predicted octanol–water partition coefficient (Wildman–Crippen LogP) is 3.02. The number of sulfone groups is 1. The number of hydrogen-bond acceptors (Lipinski definition) is 4. The first kappa shape index (κ1) is 17.0. The number of anilines is 1. The van der Waals surface area contributed by atoms with Crippen LogP contribution in [0, 0.1) is 0 Å². The molecule has 128 valence electrons. The van der Waals surface area contributed by atoms with E-state index >= 15 is 0 Å². The maximum absolute atomic E-state index is 11.5. The van der Waals surface area contributed by atoms with Crippen molar-refractivity contribution in [3.63, 3.8) is 0 Å². The number of nitrogens with one attached hydrogen (secondary N) is 1. The summed E-state index contributed by atoms with van der Waals surface area (Å²) >= 11 is 0. The van der Waals surface area contributed by atoms with E-state index in [1.54, 1.807) is 12.1 Å². The molecule has 0 aliphatic carbocycles. The molecular weight excluding hydrogens is 320 g/mol. The lowest BCUT2D eigenvalue weighted by atomic mass is 10.1. The lowest BCUT2D eigenvalue weighted by molar-refractivity contribution is 0.481. The van der Waals surface area contributed by atoms with Gasteiger partial charge in [-0.3, -0.25) is 0 Å². The Morgan fingerprint density at radius 2 is 1.75 bits per heavy atom. The van der Waals surface area contributed by atoms with Crippen LogP contribution in [-0.2, 0) is 9.84 Å². The second-order valence-electron chi connectivity index (χ2n) is 6.50. The van der Waals surface area contributed by atoms with Crippen LogP contribution in [0.1, 0.15) is 24.9 Å². The summed E-state index contributed by atoms with van der Waals surface area (Å²) in [5.41, 5.74) is 2.38. The lowest BCUT2D eigenvalue weighted by Gasteiger charge is -2.22. The molecule has 1 N–H and O–H groups in total. The van der Waals surface area contributed by atoms with Gasteiger partial charge >= 0.3 is 0 Å². The van der Waals surface area contributed by atoms with Gasteiger partial charge in [-0.05, 0) is 43.2 Å². The minimum atomic E-state index is -3.13. The molecule has 5 heteroatoms. The number of rotatable bonds is 5. The SMILES string of the molecule is C[C@H](N[C@@H]1CCN(c2ccccc2)C1)c1ccc(S(C)(=O)=O)cc1. The highest BCUT2D eigenvalue weighted by atomic mass is 32.2. The average Bonchev–Trinajstić information content (AvgIpc) is 3.03. The molecule has 2 aromatic carbocycles. The molecular formula is C19H24N2O2S. The normalized spacial score (nSPS) is 19.4. The van der Waals surface area contributed by atoms with Crippen molar-refractivity contribution >= 4 is 15.5 Å². The summed E-state index contributed by atoms with van der Waals surface area (Å²) in [6.07, 6.45) is 2.35. The lowest BCUT2D eigenvalue weighted by Crippen LogP contribution is -2.34. The molecule has 0 radical (unpaired) electrons. The number of nitrogens with zero attached hydrogens (tertiary/aromatic N) is 1. The van der Waals surface area contributed by atoms with E-state index in [4.69, 9.17) is 0 Å². The van der Waals surface area contributed by atoms with Gasteiger partial charge in [-0.2, -0.15) is 0 Å². The van der Waals surface area contributed by atoms with E-state index in [1.807, 2.05) is 18.2 Å². The fraction of sp³-hybridized carbons (Fsp3) is 0.368. The quantitative estimate of drug-likeness (QED) is 0.906. The van der Waals surface area contributed by atoms with E-state index in [0.717, 1.165) is 25.1 Å². The van der Waals surface area contributed by atoms with Crippen LogP contribution in [0.2, 0.25) is 0 Å². The van der Waals surface area contributed by atoms with Crippen molar-refractivity contribution in [3.05, 3.63) is 60.2 Å². The zero-order valence-corrected chi connectivity index (χ0v) is 15.0. The first-order valence-corrected chi connectivity index (χ1v) is 10.2. The molecule has 1 aliphatic heterocycles. The molecule has 1 aliphatic rings. The minimum Gasteiger partial charge on any atom is -0.370 e. The van der Waals surface area contributed by atoms with E-state index in [2.05, 4.69) is 41.4 Å². The third kappa shape index (κ3) is 3.97. The van der Waals surface area contributed by atoms with Crippen LogP contribution in [0.3, 0.4) is 0 Å². The zero-order chi connectivity index (χ0) is 17.2. The highest BCUT2D eigenvalue weighted by Crippen LogP contribution is 2.22. The number of hydrogen-bond donors (Lipinski definition) is 1. The summed E-state index contributed by atoms with van der Waals surface area (Å²) in [7, 11) is -3.13. The van der Waals surface area contributed by atoms with E-state index in [0.29, 0.717) is 10.9 Å². The van der Waals surface area contributed by atoms with E-state index < -0.39 is 9.84 Å². The van der Waals surface area contributed by atoms with Gasteiger partial charge in [0.2, 0.25) is 0 Å². The Morgan fingerprint density at radius 1 is 1.08 bits per heavy atom. The van der Waals surface area contributed by atoms with Crippen molar-refractivity contribution in [3.8, 4) is 0 Å². The molecule has 0 bridgehead atoms. The Labute approximate surface area is 144 Å². The Bertz CT molecular complexity index is 773. The van der Waals surface area contributed by atoms with Crippen LogP contribution >= 0.6 is 0 Å². The molecule has 0 unspecified atom stereocenters. The highest BCUT2D eigenvalue weighted by molar-refractivity contribution is 7.90. The van der Waals surface area contributed by atoms with E-state index in [-0.39, 0.29) is 6.04 Å². The largest absolute Gasteiger partial charge is 0.370 e. The average molecular weight is 344 g/mol. The molecule has 2 aromatic rings. The molecule has 2 atom stereocenters. The molecule has 1 fully saturated rings. The van der Waals surface area contributed by atoms with Gasteiger partial charge in [0.25, 0.3) is 0 Å². The van der Waals surface area contributed by atoms with Gasteiger partial charge in [0.15, 0.2) is 9.84 Å². The maximum atomic E-state index is 11.5. The van der Waals surface area contributed by atoms with Gasteiger partial charge in [0, 0.05) is 37.1 Å². The minimum absolute atomic E-state index is 0.194. The molecule has 3 rings (SSSR count). The Kier molecular flexibility index (Phi) is 4.92. The van der Waals surface area contributed by atoms with Crippen molar-refractivity contribution in [2.75, 3.05) is 24.2 Å². The Balaban J connectivity index is 1.60. The summed E-state index contributed by atoms with van der Waals surface area (Å²) in [4.78, 5) is 2.77. The third-order valence-corrected chi connectivity index (χ3v) is 5.73. The van der Waals surface area contributed by atoms with Gasteiger partial charge in [-0.25, -0.2) is 8.42 Å². The predicted molar refractivity (Wildman–Crippen MR) is 98.2 cm³/mol. The standard InChI is InChI=1S/C19H24N2O2S/c1-15(16-8-10-19(11-9-16)24(2,22)23)20-17-12-13-21(14-17)18-6-4-3-5-7-18/h3-11,15,17,20H,12-14H2,1-2H3/t15-,17+/m0/s1. The second kappa shape index (κ2) is 6.95. The summed E-state index contributed by atoms with van der Waals surface area (Å²) in [5.74, 6) is 0. The van der Waals surface area contributed by atoms with Crippen LogP contribution in [0.15, 0.2) is 59.5 Å². The highest BCUT2D eigenvalue weighted by Gasteiger charge is 2.24. The molecule has 0 aromatic heterocycles. The van der Waals surface area contributed by atoms with Crippen molar-refractivity contribution in [1.29, 1.82) is 0 Å². The molecule has 0 amide bonds. The van der Waals surface area contributed by atoms with Crippen molar-refractivity contribution in [2.45, 2.75) is 30.3 Å². The third-order valence-electron chi connectivity index (χ3n) is 4.60. The fourth-order valence-electron chi connectivity index (χ4n) is 3.22. The summed E-state index contributed by atoms with van der Waals surface area (Å²) in [5, 5.41) is 3.66. The summed E-state index contributed by atoms with van der Waals surface area (Å²) in [6.45, 7) is 4.18. The van der Waals surface area contributed by atoms with Crippen LogP contribution in [0.25, 0.3) is 0 Å². The molecule has 1 heterocycles. The van der Waals surface area contributed by atoms with Gasteiger partial charge < -0.3 is 10.2 Å². The first-order valence-electron chi connectivity index (χ1n) is 8.29. The zero-order valence-electron chi connectivity index (χ0n) is 14.1. The summed E-state index contributed by atoms with van der Waals surface area (Å²) < 4.78 is 23.1. The van der Waals surface area contributed by atoms with E-state index in [1.165, 1.54) is 11.9 Å². The molecule has 4 nitrogen and oxygen atoms in total. The Morgan fingerprint density at radius 3 is 2.38 bits per heavy atom. The van der Waals surface area contributed by atoms with Crippen molar-refractivity contribution in [2.24, 2.45) is 0 Å². The van der Waals surface area contributed by atoms with Crippen LogP contribution in [0.4, 0.5) is 5.69 Å². The monoisotopic (exact) mass is 344 g/mol. The number of benzene rings is 2. The molecule has 0 saturated carbocycles. The molecule has 24 heavy (non-hydrogen) atoms. The van der Waals surface area contributed by atoms with Crippen LogP contribution in [-0.4, -0.2) is 33.8 Å². The Hall–Kier alpha value is -1.85. The van der Waals surface area contributed by atoms with E-state index in [9.17, 15) is 8.42 Å². The van der Waals surface area contributed by atoms with Gasteiger partial charge in [0.1, 0.15) is 0 Å². The number of para-hydroxylation sites is 1. The second-order valence-corrected chi connectivity index (χ2v) is 8.51. The van der Waals surface area contributed by atoms with Crippen LogP contribution in [0.5, 0.6) is 0 Å².